The third-order valence-corrected chi connectivity index (χ3v) is 3.18. The summed E-state index contributed by atoms with van der Waals surface area (Å²) in [4.78, 5) is 11.6. The van der Waals surface area contributed by atoms with Crippen LogP contribution in [0.15, 0.2) is 0 Å². The fourth-order valence-corrected chi connectivity index (χ4v) is 2.14. The molecule has 0 saturated carbocycles. The van der Waals surface area contributed by atoms with Gasteiger partial charge in [-0.25, -0.2) is 0 Å². The van der Waals surface area contributed by atoms with Crippen molar-refractivity contribution in [1.29, 1.82) is 0 Å². The van der Waals surface area contributed by atoms with Gasteiger partial charge < -0.3 is 10.5 Å². The van der Waals surface area contributed by atoms with E-state index in [2.05, 4.69) is 0 Å². The van der Waals surface area contributed by atoms with E-state index in [0.29, 0.717) is 18.3 Å². The maximum absolute atomic E-state index is 11.6. The van der Waals surface area contributed by atoms with E-state index in [1.54, 1.807) is 0 Å². The molecule has 1 saturated heterocycles. The van der Waals surface area contributed by atoms with Gasteiger partial charge in [0.1, 0.15) is 5.78 Å². The topological polar surface area (TPSA) is 52.3 Å². The molecule has 94 valence electrons. The molecule has 0 radical (unpaired) electrons. The fraction of sp³-hybridized carbons (Fsp3) is 0.923. The van der Waals surface area contributed by atoms with Crippen molar-refractivity contribution in [2.24, 2.45) is 5.73 Å². The predicted octanol–water partition coefficient (Wildman–Crippen LogP) is 2.42. The average molecular weight is 227 g/mol. The summed E-state index contributed by atoms with van der Waals surface area (Å²) >= 11 is 0. The minimum Gasteiger partial charge on any atom is -0.378 e. The molecule has 0 aromatic heterocycles. The van der Waals surface area contributed by atoms with E-state index in [1.807, 2.05) is 0 Å². The summed E-state index contributed by atoms with van der Waals surface area (Å²) in [5, 5.41) is 0. The largest absolute Gasteiger partial charge is 0.378 e. The molecule has 0 amide bonds. The number of carbonyl (C=O) groups is 1. The maximum atomic E-state index is 11.6. The Kier molecular flexibility index (Phi) is 7.43. The summed E-state index contributed by atoms with van der Waals surface area (Å²) in [6, 6.07) is 0. The Morgan fingerprint density at radius 1 is 1.19 bits per heavy atom. The second kappa shape index (κ2) is 8.71. The van der Waals surface area contributed by atoms with Crippen LogP contribution in [0.2, 0.25) is 0 Å². The number of unbranched alkanes of at least 4 members (excludes halogenated alkanes) is 3. The monoisotopic (exact) mass is 227 g/mol. The Morgan fingerprint density at radius 2 is 2.00 bits per heavy atom. The summed E-state index contributed by atoms with van der Waals surface area (Å²) in [6.45, 7) is 1.66. The van der Waals surface area contributed by atoms with Crippen molar-refractivity contribution in [3.63, 3.8) is 0 Å². The average Bonchev–Trinajstić information content (AvgIpc) is 2.79. The van der Waals surface area contributed by atoms with Gasteiger partial charge in [0.15, 0.2) is 0 Å². The van der Waals surface area contributed by atoms with Gasteiger partial charge in [-0.3, -0.25) is 4.79 Å². The summed E-state index contributed by atoms with van der Waals surface area (Å²) in [5.41, 5.74) is 5.41. The molecule has 1 atom stereocenters. The summed E-state index contributed by atoms with van der Waals surface area (Å²) in [5.74, 6) is 0.406. The van der Waals surface area contributed by atoms with Gasteiger partial charge in [0, 0.05) is 19.4 Å². The van der Waals surface area contributed by atoms with E-state index in [1.165, 1.54) is 0 Å². The summed E-state index contributed by atoms with van der Waals surface area (Å²) in [6.07, 6.45) is 9.48. The Labute approximate surface area is 98.7 Å². The van der Waals surface area contributed by atoms with Crippen molar-refractivity contribution in [2.45, 2.75) is 63.9 Å². The van der Waals surface area contributed by atoms with E-state index >= 15 is 0 Å². The number of rotatable bonds is 9. The standard InChI is InChI=1S/C13H25NO2/c14-10-4-2-1-3-6-12(15)8-9-13-7-5-11-16-13/h13H,1-11,14H2. The molecule has 3 nitrogen and oxygen atoms in total. The first-order valence-electron chi connectivity index (χ1n) is 6.66. The Morgan fingerprint density at radius 3 is 2.69 bits per heavy atom. The number of hydrogen-bond donors (Lipinski definition) is 1. The highest BCUT2D eigenvalue weighted by molar-refractivity contribution is 5.78. The first kappa shape index (κ1) is 13.7. The SMILES string of the molecule is NCCCCCCC(=O)CCC1CCCO1. The minimum atomic E-state index is 0.362. The van der Waals surface area contributed by atoms with Gasteiger partial charge in [0.25, 0.3) is 0 Å². The lowest BCUT2D eigenvalue weighted by atomic mass is 10.0. The van der Waals surface area contributed by atoms with Gasteiger partial charge in [-0.05, 0) is 38.6 Å². The summed E-state index contributed by atoms with van der Waals surface area (Å²) < 4.78 is 5.49. The van der Waals surface area contributed by atoms with Crippen LogP contribution in [-0.2, 0) is 9.53 Å². The lowest BCUT2D eigenvalue weighted by Crippen LogP contribution is -2.08. The molecular weight excluding hydrogens is 202 g/mol. The van der Waals surface area contributed by atoms with Crippen molar-refractivity contribution in [1.82, 2.24) is 0 Å². The van der Waals surface area contributed by atoms with Crippen LogP contribution in [0.5, 0.6) is 0 Å². The zero-order chi connectivity index (χ0) is 11.6. The molecule has 0 aliphatic carbocycles. The van der Waals surface area contributed by atoms with Gasteiger partial charge in [-0.2, -0.15) is 0 Å². The third kappa shape index (κ3) is 6.23. The zero-order valence-electron chi connectivity index (χ0n) is 10.2. The predicted molar refractivity (Wildman–Crippen MR) is 65.4 cm³/mol. The molecule has 0 bridgehead atoms. The highest BCUT2D eigenvalue weighted by atomic mass is 16.5. The van der Waals surface area contributed by atoms with Crippen LogP contribution in [0.1, 0.15) is 57.8 Å². The van der Waals surface area contributed by atoms with Crippen molar-refractivity contribution >= 4 is 5.78 Å². The smallest absolute Gasteiger partial charge is 0.133 e. The van der Waals surface area contributed by atoms with Crippen LogP contribution in [0.25, 0.3) is 0 Å². The van der Waals surface area contributed by atoms with Crippen LogP contribution in [0, 0.1) is 0 Å². The molecule has 0 spiro atoms. The van der Waals surface area contributed by atoms with E-state index in [0.717, 1.165) is 64.5 Å². The molecule has 2 N–H and O–H groups in total. The quantitative estimate of drug-likeness (QED) is 0.615. The number of hydrogen-bond acceptors (Lipinski definition) is 3. The number of ether oxygens (including phenoxy) is 1. The first-order chi connectivity index (χ1) is 7.83. The third-order valence-electron chi connectivity index (χ3n) is 3.18. The zero-order valence-corrected chi connectivity index (χ0v) is 10.2. The van der Waals surface area contributed by atoms with Gasteiger partial charge >= 0.3 is 0 Å². The second-order valence-electron chi connectivity index (χ2n) is 4.67. The van der Waals surface area contributed by atoms with E-state index in [9.17, 15) is 4.79 Å². The van der Waals surface area contributed by atoms with Crippen LogP contribution in [0.3, 0.4) is 0 Å². The normalized spacial score (nSPS) is 20.2. The first-order valence-corrected chi connectivity index (χ1v) is 6.66. The molecular formula is C13H25NO2. The minimum absolute atomic E-state index is 0.362. The molecule has 1 fully saturated rings. The number of carbonyl (C=O) groups excluding carboxylic acids is 1. The number of ketones is 1. The van der Waals surface area contributed by atoms with Crippen molar-refractivity contribution < 1.29 is 9.53 Å². The van der Waals surface area contributed by atoms with Crippen LogP contribution in [-0.4, -0.2) is 25.0 Å². The fourth-order valence-electron chi connectivity index (χ4n) is 2.14. The molecule has 1 aliphatic rings. The van der Waals surface area contributed by atoms with Crippen molar-refractivity contribution in [2.75, 3.05) is 13.2 Å². The van der Waals surface area contributed by atoms with E-state index in [-0.39, 0.29) is 0 Å². The van der Waals surface area contributed by atoms with Gasteiger partial charge in [0.05, 0.1) is 6.10 Å². The van der Waals surface area contributed by atoms with Gasteiger partial charge in [-0.1, -0.05) is 12.8 Å². The number of nitrogens with two attached hydrogens (primary N) is 1. The molecule has 1 heterocycles. The van der Waals surface area contributed by atoms with Gasteiger partial charge in [0.2, 0.25) is 0 Å². The highest BCUT2D eigenvalue weighted by Crippen LogP contribution is 2.17. The maximum Gasteiger partial charge on any atom is 0.133 e. The van der Waals surface area contributed by atoms with Crippen molar-refractivity contribution in [3.05, 3.63) is 0 Å². The molecule has 1 rings (SSSR count). The lowest BCUT2D eigenvalue weighted by Gasteiger charge is -2.07. The molecule has 0 aromatic carbocycles. The van der Waals surface area contributed by atoms with Crippen LogP contribution < -0.4 is 5.73 Å². The van der Waals surface area contributed by atoms with Crippen LogP contribution >= 0.6 is 0 Å². The number of Topliss-reactive ketones (excluding diaryl/α,β-unsaturated/α-hetero) is 1. The molecule has 1 aliphatic heterocycles. The Balaban J connectivity index is 1.90. The second-order valence-corrected chi connectivity index (χ2v) is 4.67. The molecule has 1 unspecified atom stereocenters. The molecule has 3 heteroatoms. The van der Waals surface area contributed by atoms with E-state index in [4.69, 9.17) is 10.5 Å². The lowest BCUT2D eigenvalue weighted by molar-refractivity contribution is -0.119. The van der Waals surface area contributed by atoms with Crippen LogP contribution in [0.4, 0.5) is 0 Å². The molecule has 16 heavy (non-hydrogen) atoms. The molecule has 0 aromatic rings. The Bertz CT molecular complexity index is 188. The summed E-state index contributed by atoms with van der Waals surface area (Å²) in [7, 11) is 0. The van der Waals surface area contributed by atoms with Gasteiger partial charge in [-0.15, -0.1) is 0 Å². The van der Waals surface area contributed by atoms with E-state index < -0.39 is 0 Å². The highest BCUT2D eigenvalue weighted by Gasteiger charge is 2.16. The van der Waals surface area contributed by atoms with Crippen molar-refractivity contribution in [3.8, 4) is 0 Å². The Hall–Kier alpha value is -0.410.